The molecule has 0 radical (unpaired) electrons. The summed E-state index contributed by atoms with van der Waals surface area (Å²) in [4.78, 5) is 23.5. The van der Waals surface area contributed by atoms with Crippen molar-refractivity contribution in [3.8, 4) is 0 Å². The molecule has 0 bridgehead atoms. The predicted molar refractivity (Wildman–Crippen MR) is 91.5 cm³/mol. The summed E-state index contributed by atoms with van der Waals surface area (Å²) in [6.45, 7) is 5.94. The zero-order valence-corrected chi connectivity index (χ0v) is 14.3. The van der Waals surface area contributed by atoms with E-state index in [1.165, 1.54) is 12.8 Å². The quantitative estimate of drug-likeness (QED) is 0.928. The van der Waals surface area contributed by atoms with Crippen LogP contribution in [0, 0.1) is 19.8 Å². The van der Waals surface area contributed by atoms with E-state index in [2.05, 4.69) is 20.2 Å². The summed E-state index contributed by atoms with van der Waals surface area (Å²) in [5, 5.41) is 3.21. The standard InChI is InChI=1S/C18H28N4O/c1-13-12-19-14(2)18(20-13)22-9-7-15(8-10-22)11-17(23)21-16-5-3-4-6-16/h12,15-16H,3-11H2,1-2H3,(H,21,23). The number of hydrogen-bond donors (Lipinski definition) is 1. The molecule has 1 amide bonds. The van der Waals surface area contributed by atoms with Gasteiger partial charge in [0.15, 0.2) is 0 Å². The average Bonchev–Trinajstić information content (AvgIpc) is 3.03. The average molecular weight is 316 g/mol. The summed E-state index contributed by atoms with van der Waals surface area (Å²) in [6, 6.07) is 0.438. The minimum absolute atomic E-state index is 0.252. The molecule has 1 saturated heterocycles. The van der Waals surface area contributed by atoms with Crippen molar-refractivity contribution in [2.24, 2.45) is 5.92 Å². The van der Waals surface area contributed by atoms with E-state index in [4.69, 9.17) is 0 Å². The van der Waals surface area contributed by atoms with Crippen LogP contribution in [-0.2, 0) is 4.79 Å². The zero-order chi connectivity index (χ0) is 16.2. The Hall–Kier alpha value is -1.65. The highest BCUT2D eigenvalue weighted by Gasteiger charge is 2.25. The van der Waals surface area contributed by atoms with Gasteiger partial charge in [-0.15, -0.1) is 0 Å². The lowest BCUT2D eigenvalue weighted by Crippen LogP contribution is -2.38. The first kappa shape index (κ1) is 16.2. The van der Waals surface area contributed by atoms with Gasteiger partial charge in [0.05, 0.1) is 11.4 Å². The first-order chi connectivity index (χ1) is 11.1. The van der Waals surface area contributed by atoms with E-state index in [0.717, 1.165) is 56.0 Å². The summed E-state index contributed by atoms with van der Waals surface area (Å²) in [7, 11) is 0. The van der Waals surface area contributed by atoms with Gasteiger partial charge in [0.2, 0.25) is 5.91 Å². The lowest BCUT2D eigenvalue weighted by molar-refractivity contribution is -0.122. The van der Waals surface area contributed by atoms with Crippen LogP contribution in [0.5, 0.6) is 0 Å². The minimum atomic E-state index is 0.252. The van der Waals surface area contributed by atoms with E-state index in [0.29, 0.717) is 18.4 Å². The first-order valence-electron chi connectivity index (χ1n) is 8.96. The maximum atomic E-state index is 12.2. The number of aromatic nitrogens is 2. The number of aryl methyl sites for hydroxylation is 2. The molecule has 1 aromatic rings. The molecule has 0 spiro atoms. The fourth-order valence-electron chi connectivity index (χ4n) is 3.79. The Kier molecular flexibility index (Phi) is 5.13. The van der Waals surface area contributed by atoms with Crippen LogP contribution in [0.25, 0.3) is 0 Å². The van der Waals surface area contributed by atoms with Gasteiger partial charge < -0.3 is 10.2 Å². The minimum Gasteiger partial charge on any atom is -0.355 e. The maximum Gasteiger partial charge on any atom is 0.220 e. The SMILES string of the molecule is Cc1cnc(C)c(N2CCC(CC(=O)NC3CCCC3)CC2)n1. The molecule has 126 valence electrons. The fraction of sp³-hybridized carbons (Fsp3) is 0.722. The molecule has 2 fully saturated rings. The third-order valence-electron chi connectivity index (χ3n) is 5.16. The molecule has 0 unspecified atom stereocenters. The van der Waals surface area contributed by atoms with E-state index in [-0.39, 0.29) is 5.91 Å². The van der Waals surface area contributed by atoms with E-state index in [1.54, 1.807) is 0 Å². The lowest BCUT2D eigenvalue weighted by Gasteiger charge is -2.33. The second kappa shape index (κ2) is 7.28. The molecule has 23 heavy (non-hydrogen) atoms. The number of nitrogens with zero attached hydrogens (tertiary/aromatic N) is 3. The van der Waals surface area contributed by atoms with Crippen LogP contribution in [0.15, 0.2) is 6.20 Å². The van der Waals surface area contributed by atoms with Crippen LogP contribution < -0.4 is 10.2 Å². The van der Waals surface area contributed by atoms with Gasteiger partial charge in [0.25, 0.3) is 0 Å². The van der Waals surface area contributed by atoms with Crippen molar-refractivity contribution < 1.29 is 4.79 Å². The van der Waals surface area contributed by atoms with Gasteiger partial charge in [0.1, 0.15) is 5.82 Å². The van der Waals surface area contributed by atoms with E-state index in [1.807, 2.05) is 20.0 Å². The summed E-state index contributed by atoms with van der Waals surface area (Å²) < 4.78 is 0. The van der Waals surface area contributed by atoms with Gasteiger partial charge in [-0.05, 0) is 45.4 Å². The zero-order valence-electron chi connectivity index (χ0n) is 14.3. The highest BCUT2D eigenvalue weighted by atomic mass is 16.1. The smallest absolute Gasteiger partial charge is 0.220 e. The molecule has 1 saturated carbocycles. The van der Waals surface area contributed by atoms with Crippen molar-refractivity contribution in [1.82, 2.24) is 15.3 Å². The molecule has 2 heterocycles. The molecular weight excluding hydrogens is 288 g/mol. The van der Waals surface area contributed by atoms with Gasteiger partial charge in [-0.25, -0.2) is 4.98 Å². The number of carbonyl (C=O) groups is 1. The van der Waals surface area contributed by atoms with Gasteiger partial charge in [-0.1, -0.05) is 12.8 Å². The highest BCUT2D eigenvalue weighted by Crippen LogP contribution is 2.26. The van der Waals surface area contributed by atoms with Crippen LogP contribution in [-0.4, -0.2) is 35.0 Å². The predicted octanol–water partition coefficient (Wildman–Crippen LogP) is 2.76. The fourth-order valence-corrected chi connectivity index (χ4v) is 3.79. The largest absolute Gasteiger partial charge is 0.355 e. The topological polar surface area (TPSA) is 58.1 Å². The Morgan fingerprint density at radius 1 is 1.22 bits per heavy atom. The van der Waals surface area contributed by atoms with Crippen molar-refractivity contribution >= 4 is 11.7 Å². The number of nitrogens with one attached hydrogen (secondary N) is 1. The van der Waals surface area contributed by atoms with Crippen molar-refractivity contribution in [3.63, 3.8) is 0 Å². The van der Waals surface area contributed by atoms with Crippen molar-refractivity contribution in [3.05, 3.63) is 17.6 Å². The number of anilines is 1. The second-order valence-corrected chi connectivity index (χ2v) is 7.10. The van der Waals surface area contributed by atoms with Crippen LogP contribution in [0.4, 0.5) is 5.82 Å². The highest BCUT2D eigenvalue weighted by molar-refractivity contribution is 5.76. The number of amides is 1. The molecule has 1 aliphatic carbocycles. The van der Waals surface area contributed by atoms with E-state index >= 15 is 0 Å². The third-order valence-corrected chi connectivity index (χ3v) is 5.16. The van der Waals surface area contributed by atoms with Gasteiger partial charge in [0, 0.05) is 31.7 Å². The van der Waals surface area contributed by atoms with Crippen LogP contribution >= 0.6 is 0 Å². The Bertz CT molecular complexity index is 546. The number of hydrogen-bond acceptors (Lipinski definition) is 4. The normalized spacial score (nSPS) is 20.0. The van der Waals surface area contributed by atoms with Gasteiger partial charge in [-0.3, -0.25) is 9.78 Å². The van der Waals surface area contributed by atoms with E-state index in [9.17, 15) is 4.79 Å². The molecule has 0 atom stereocenters. The Labute approximate surface area is 138 Å². The Morgan fingerprint density at radius 3 is 2.61 bits per heavy atom. The van der Waals surface area contributed by atoms with Crippen LogP contribution in [0.2, 0.25) is 0 Å². The van der Waals surface area contributed by atoms with Crippen LogP contribution in [0.1, 0.15) is 56.3 Å². The summed E-state index contributed by atoms with van der Waals surface area (Å²) >= 11 is 0. The summed E-state index contributed by atoms with van der Waals surface area (Å²) in [6.07, 6.45) is 9.48. The number of piperidine rings is 1. The third kappa shape index (κ3) is 4.21. The Morgan fingerprint density at radius 2 is 1.91 bits per heavy atom. The van der Waals surface area contributed by atoms with Gasteiger partial charge in [-0.2, -0.15) is 0 Å². The lowest BCUT2D eigenvalue weighted by atomic mass is 9.93. The van der Waals surface area contributed by atoms with Crippen molar-refractivity contribution in [1.29, 1.82) is 0 Å². The molecule has 3 rings (SSSR count). The molecule has 1 aliphatic heterocycles. The van der Waals surface area contributed by atoms with Crippen molar-refractivity contribution in [2.45, 2.75) is 64.8 Å². The van der Waals surface area contributed by atoms with Crippen molar-refractivity contribution in [2.75, 3.05) is 18.0 Å². The molecular formula is C18H28N4O. The number of rotatable bonds is 4. The molecule has 2 aliphatic rings. The molecule has 5 heteroatoms. The van der Waals surface area contributed by atoms with Crippen LogP contribution in [0.3, 0.4) is 0 Å². The van der Waals surface area contributed by atoms with E-state index < -0.39 is 0 Å². The molecule has 1 aromatic heterocycles. The number of carbonyl (C=O) groups excluding carboxylic acids is 1. The summed E-state index contributed by atoms with van der Waals surface area (Å²) in [5.41, 5.74) is 1.96. The van der Waals surface area contributed by atoms with Gasteiger partial charge >= 0.3 is 0 Å². The molecule has 0 aromatic carbocycles. The Balaban J connectivity index is 1.48. The molecule has 1 N–H and O–H groups in total. The first-order valence-corrected chi connectivity index (χ1v) is 8.96. The summed E-state index contributed by atoms with van der Waals surface area (Å²) in [5.74, 6) is 1.77. The second-order valence-electron chi connectivity index (χ2n) is 7.10. The maximum absolute atomic E-state index is 12.2. The molecule has 5 nitrogen and oxygen atoms in total. The monoisotopic (exact) mass is 316 g/mol.